The van der Waals surface area contributed by atoms with Gasteiger partial charge in [-0.2, -0.15) is 0 Å². The lowest BCUT2D eigenvalue weighted by molar-refractivity contribution is 0.952. The summed E-state index contributed by atoms with van der Waals surface area (Å²) in [6.45, 7) is 3.04. The molecule has 21 heavy (non-hydrogen) atoms. The molecule has 3 nitrogen and oxygen atoms in total. The molecule has 0 bridgehead atoms. The van der Waals surface area contributed by atoms with Crippen molar-refractivity contribution in [1.82, 2.24) is 10.2 Å². The number of aromatic nitrogens is 2. The number of hydrogen-bond donors (Lipinski definition) is 1. The molecular weight excluding hydrogens is 326 g/mol. The fraction of sp³-hybridized carbons (Fsp3) is 0.176. The zero-order chi connectivity index (χ0) is 14.7. The van der Waals surface area contributed by atoms with Crippen molar-refractivity contribution in [1.29, 1.82) is 0 Å². The summed E-state index contributed by atoms with van der Waals surface area (Å²) in [4.78, 5) is 0. The summed E-state index contributed by atoms with van der Waals surface area (Å²) in [6.07, 6.45) is 1.06. The Morgan fingerprint density at radius 2 is 1.81 bits per heavy atom. The molecule has 1 heterocycles. The van der Waals surface area contributed by atoms with E-state index in [1.807, 2.05) is 24.3 Å². The van der Waals surface area contributed by atoms with Crippen LogP contribution in [0.25, 0.3) is 22.0 Å². The van der Waals surface area contributed by atoms with Gasteiger partial charge in [0.2, 0.25) is 0 Å². The van der Waals surface area contributed by atoms with Crippen molar-refractivity contribution in [3.8, 4) is 11.3 Å². The summed E-state index contributed by atoms with van der Waals surface area (Å²) in [6, 6.07) is 16.4. The average Bonchev–Trinajstić information content (AvgIpc) is 2.52. The van der Waals surface area contributed by atoms with Gasteiger partial charge < -0.3 is 5.32 Å². The normalized spacial score (nSPS) is 10.8. The van der Waals surface area contributed by atoms with Gasteiger partial charge in [0.1, 0.15) is 5.69 Å². The van der Waals surface area contributed by atoms with Crippen LogP contribution in [0.3, 0.4) is 0 Å². The van der Waals surface area contributed by atoms with Crippen molar-refractivity contribution >= 4 is 32.5 Å². The summed E-state index contributed by atoms with van der Waals surface area (Å²) in [5.41, 5.74) is 1.98. The predicted molar refractivity (Wildman–Crippen MR) is 91.5 cm³/mol. The fourth-order valence-electron chi connectivity index (χ4n) is 2.33. The molecule has 3 aromatic rings. The number of nitrogens with one attached hydrogen (secondary N) is 1. The Morgan fingerprint density at radius 1 is 1.00 bits per heavy atom. The molecule has 0 fully saturated rings. The number of halogens is 1. The van der Waals surface area contributed by atoms with E-state index < -0.39 is 0 Å². The van der Waals surface area contributed by atoms with Gasteiger partial charge in [0.05, 0.1) is 0 Å². The molecule has 0 radical (unpaired) electrons. The highest BCUT2D eigenvalue weighted by molar-refractivity contribution is 9.10. The van der Waals surface area contributed by atoms with Crippen LogP contribution in [0.5, 0.6) is 0 Å². The second-order valence-corrected chi connectivity index (χ2v) is 5.80. The third-order valence-corrected chi connectivity index (χ3v) is 3.82. The fourth-order valence-corrected chi connectivity index (χ4v) is 2.73. The zero-order valence-electron chi connectivity index (χ0n) is 11.8. The lowest BCUT2D eigenvalue weighted by atomic mass is 10.0. The van der Waals surface area contributed by atoms with Crippen molar-refractivity contribution in [3.63, 3.8) is 0 Å². The molecule has 0 amide bonds. The largest absolute Gasteiger partial charge is 0.368 e. The molecule has 1 aromatic heterocycles. The minimum absolute atomic E-state index is 0.853. The molecule has 0 saturated heterocycles. The van der Waals surface area contributed by atoms with Gasteiger partial charge in [0.25, 0.3) is 0 Å². The third kappa shape index (κ3) is 2.90. The first-order valence-electron chi connectivity index (χ1n) is 7.05. The Labute approximate surface area is 132 Å². The van der Waals surface area contributed by atoms with Crippen molar-refractivity contribution in [2.75, 3.05) is 11.9 Å². The predicted octanol–water partition coefficient (Wildman–Crippen LogP) is 4.88. The van der Waals surface area contributed by atoms with Crippen LogP contribution in [-0.2, 0) is 0 Å². The topological polar surface area (TPSA) is 37.8 Å². The molecule has 0 aliphatic heterocycles. The van der Waals surface area contributed by atoms with Crippen LogP contribution in [0.2, 0.25) is 0 Å². The summed E-state index contributed by atoms with van der Waals surface area (Å²) in [5.74, 6) is 0.853. The summed E-state index contributed by atoms with van der Waals surface area (Å²) in [5, 5.41) is 14.4. The van der Waals surface area contributed by atoms with E-state index in [-0.39, 0.29) is 0 Å². The van der Waals surface area contributed by atoms with Gasteiger partial charge in [-0.05, 0) is 18.6 Å². The van der Waals surface area contributed by atoms with Gasteiger partial charge in [-0.15, -0.1) is 10.2 Å². The molecule has 1 N–H and O–H groups in total. The molecule has 0 aliphatic rings. The van der Waals surface area contributed by atoms with Crippen molar-refractivity contribution < 1.29 is 0 Å². The van der Waals surface area contributed by atoms with E-state index in [1.54, 1.807) is 0 Å². The monoisotopic (exact) mass is 341 g/mol. The second kappa shape index (κ2) is 6.22. The van der Waals surface area contributed by atoms with Gasteiger partial charge in [-0.3, -0.25) is 0 Å². The standard InChI is InChI=1S/C17H16BrN3/c1-2-10-19-17-15-9-4-3-8-14(15)16(20-21-17)12-6-5-7-13(18)11-12/h3-9,11H,2,10H2,1H3,(H,19,21). The minimum Gasteiger partial charge on any atom is -0.368 e. The summed E-state index contributed by atoms with van der Waals surface area (Å²) in [7, 11) is 0. The van der Waals surface area contributed by atoms with E-state index in [0.29, 0.717) is 0 Å². The van der Waals surface area contributed by atoms with E-state index in [4.69, 9.17) is 0 Å². The Balaban J connectivity index is 2.17. The SMILES string of the molecule is CCCNc1nnc(-c2cccc(Br)c2)c2ccccc12. The first kappa shape index (κ1) is 14.0. The molecule has 4 heteroatoms. The van der Waals surface area contributed by atoms with E-state index in [9.17, 15) is 0 Å². The molecular formula is C17H16BrN3. The molecule has 3 rings (SSSR count). The molecule has 0 unspecified atom stereocenters. The van der Waals surface area contributed by atoms with Crippen molar-refractivity contribution in [2.45, 2.75) is 13.3 Å². The molecule has 106 valence electrons. The molecule has 0 aliphatic carbocycles. The maximum Gasteiger partial charge on any atom is 0.156 e. The molecule has 0 atom stereocenters. The second-order valence-electron chi connectivity index (χ2n) is 4.88. The van der Waals surface area contributed by atoms with Crippen molar-refractivity contribution in [3.05, 3.63) is 53.0 Å². The van der Waals surface area contributed by atoms with Crippen LogP contribution in [-0.4, -0.2) is 16.7 Å². The highest BCUT2D eigenvalue weighted by Gasteiger charge is 2.10. The lowest BCUT2D eigenvalue weighted by Crippen LogP contribution is -2.04. The van der Waals surface area contributed by atoms with Crippen LogP contribution in [0.1, 0.15) is 13.3 Å². The Bertz CT molecular complexity index is 771. The Morgan fingerprint density at radius 3 is 2.57 bits per heavy atom. The van der Waals surface area contributed by atoms with Gasteiger partial charge >= 0.3 is 0 Å². The minimum atomic E-state index is 0.853. The highest BCUT2D eigenvalue weighted by atomic mass is 79.9. The lowest BCUT2D eigenvalue weighted by Gasteiger charge is -2.10. The molecule has 0 saturated carbocycles. The Kier molecular flexibility index (Phi) is 4.15. The smallest absolute Gasteiger partial charge is 0.156 e. The summed E-state index contributed by atoms with van der Waals surface area (Å²) < 4.78 is 1.04. The van der Waals surface area contributed by atoms with Gasteiger partial charge in [0, 0.05) is 27.4 Å². The molecule has 2 aromatic carbocycles. The number of benzene rings is 2. The van der Waals surface area contributed by atoms with E-state index in [0.717, 1.165) is 45.3 Å². The van der Waals surface area contributed by atoms with Crippen LogP contribution in [0, 0.1) is 0 Å². The van der Waals surface area contributed by atoms with E-state index >= 15 is 0 Å². The average molecular weight is 342 g/mol. The van der Waals surface area contributed by atoms with E-state index in [1.165, 1.54) is 0 Å². The molecule has 0 spiro atoms. The first-order chi connectivity index (χ1) is 10.3. The number of nitrogens with zero attached hydrogens (tertiary/aromatic N) is 2. The number of fused-ring (bicyclic) bond motifs is 1. The number of hydrogen-bond acceptors (Lipinski definition) is 3. The van der Waals surface area contributed by atoms with Gasteiger partial charge in [0.15, 0.2) is 5.82 Å². The van der Waals surface area contributed by atoms with Crippen LogP contribution < -0.4 is 5.32 Å². The van der Waals surface area contributed by atoms with Crippen molar-refractivity contribution in [2.24, 2.45) is 0 Å². The van der Waals surface area contributed by atoms with Crippen LogP contribution >= 0.6 is 15.9 Å². The maximum absolute atomic E-state index is 4.44. The maximum atomic E-state index is 4.44. The zero-order valence-corrected chi connectivity index (χ0v) is 13.4. The Hall–Kier alpha value is -1.94. The number of anilines is 1. The number of rotatable bonds is 4. The van der Waals surface area contributed by atoms with Gasteiger partial charge in [-0.25, -0.2) is 0 Å². The van der Waals surface area contributed by atoms with Crippen LogP contribution in [0.4, 0.5) is 5.82 Å². The van der Waals surface area contributed by atoms with Gasteiger partial charge in [-0.1, -0.05) is 59.3 Å². The third-order valence-electron chi connectivity index (χ3n) is 3.33. The first-order valence-corrected chi connectivity index (χ1v) is 7.84. The summed E-state index contributed by atoms with van der Waals surface area (Å²) >= 11 is 3.51. The quantitative estimate of drug-likeness (QED) is 0.734. The van der Waals surface area contributed by atoms with Crippen LogP contribution in [0.15, 0.2) is 53.0 Å². The highest BCUT2D eigenvalue weighted by Crippen LogP contribution is 2.30. The van der Waals surface area contributed by atoms with E-state index in [2.05, 4.69) is 62.6 Å².